The van der Waals surface area contributed by atoms with Crippen molar-refractivity contribution < 1.29 is 40.3 Å². The Balaban J connectivity index is 1.51. The monoisotopic (exact) mass is 548 g/mol. The maximum absolute atomic E-state index is 14.7. The molecule has 0 radical (unpaired) electrons. The lowest BCUT2D eigenvalue weighted by Gasteiger charge is -2.13. The molecule has 1 amide bonds. The highest BCUT2D eigenvalue weighted by atomic mass is 32.2. The van der Waals surface area contributed by atoms with E-state index in [9.17, 15) is 40.3 Å². The molecule has 0 saturated heterocycles. The molecule has 38 heavy (non-hydrogen) atoms. The summed E-state index contributed by atoms with van der Waals surface area (Å²) in [5.74, 6) is -2.72. The van der Waals surface area contributed by atoms with Crippen molar-refractivity contribution >= 4 is 27.3 Å². The van der Waals surface area contributed by atoms with Crippen LogP contribution in [0.4, 0.5) is 33.3 Å². The number of hydrogen-bond acceptors (Lipinski definition) is 4. The van der Waals surface area contributed by atoms with Gasteiger partial charge in [0.25, 0.3) is 15.9 Å². The molecule has 0 heterocycles. The first-order valence-corrected chi connectivity index (χ1v) is 12.2. The zero-order valence-electron chi connectivity index (χ0n) is 19.1. The molecular formula is C26H17F5N2O4S. The summed E-state index contributed by atoms with van der Waals surface area (Å²) >= 11 is 0. The van der Waals surface area contributed by atoms with E-state index < -0.39 is 45.1 Å². The van der Waals surface area contributed by atoms with Crippen LogP contribution in [0.5, 0.6) is 5.75 Å². The summed E-state index contributed by atoms with van der Waals surface area (Å²) in [6.07, 6.45) is -4.53. The van der Waals surface area contributed by atoms with Crippen LogP contribution in [-0.2, 0) is 16.2 Å². The minimum Gasteiger partial charge on any atom is -0.506 e. The van der Waals surface area contributed by atoms with Gasteiger partial charge in [-0.1, -0.05) is 18.2 Å². The van der Waals surface area contributed by atoms with E-state index in [1.807, 2.05) is 0 Å². The van der Waals surface area contributed by atoms with Crippen LogP contribution < -0.4 is 10.0 Å². The first-order valence-electron chi connectivity index (χ1n) is 10.7. The fourth-order valence-electron chi connectivity index (χ4n) is 3.45. The van der Waals surface area contributed by atoms with Gasteiger partial charge in [-0.15, -0.1) is 0 Å². The number of alkyl halides is 3. The molecular weight excluding hydrogens is 531 g/mol. The number of phenolic OH excluding ortho intramolecular Hbond substituents is 1. The van der Waals surface area contributed by atoms with Crippen molar-refractivity contribution in [2.45, 2.75) is 11.1 Å². The van der Waals surface area contributed by atoms with Gasteiger partial charge in [0, 0.05) is 16.8 Å². The normalized spacial score (nSPS) is 11.7. The molecule has 12 heteroatoms. The van der Waals surface area contributed by atoms with E-state index in [1.54, 1.807) is 0 Å². The Morgan fingerprint density at radius 3 is 2.08 bits per heavy atom. The van der Waals surface area contributed by atoms with E-state index in [-0.39, 0.29) is 33.0 Å². The van der Waals surface area contributed by atoms with Crippen molar-refractivity contribution in [2.75, 3.05) is 10.0 Å². The van der Waals surface area contributed by atoms with Gasteiger partial charge < -0.3 is 10.4 Å². The molecule has 4 aromatic carbocycles. The van der Waals surface area contributed by atoms with Crippen LogP contribution in [0.3, 0.4) is 0 Å². The van der Waals surface area contributed by atoms with Gasteiger partial charge in [0.15, 0.2) is 0 Å². The van der Waals surface area contributed by atoms with E-state index >= 15 is 0 Å². The van der Waals surface area contributed by atoms with Crippen molar-refractivity contribution in [1.29, 1.82) is 0 Å². The van der Waals surface area contributed by atoms with Crippen LogP contribution in [-0.4, -0.2) is 19.4 Å². The first-order chi connectivity index (χ1) is 17.8. The SMILES string of the molecule is O=C(Nc1ccc(O)c(NS(=O)(=O)c2ccc(F)cc2)c1)c1ccc(-c2ccc(C(F)(F)F)cc2)c(F)c1. The third-order valence-corrected chi connectivity index (χ3v) is 6.76. The molecule has 0 bridgehead atoms. The van der Waals surface area contributed by atoms with Crippen LogP contribution >= 0.6 is 0 Å². The third kappa shape index (κ3) is 5.92. The quantitative estimate of drug-likeness (QED) is 0.147. The number of benzene rings is 4. The summed E-state index contributed by atoms with van der Waals surface area (Å²) in [7, 11) is -4.20. The second-order valence-electron chi connectivity index (χ2n) is 8.02. The predicted molar refractivity (Wildman–Crippen MR) is 130 cm³/mol. The third-order valence-electron chi connectivity index (χ3n) is 5.38. The average molecular weight is 548 g/mol. The molecule has 196 valence electrons. The van der Waals surface area contributed by atoms with Gasteiger partial charge in [-0.05, 0) is 72.3 Å². The van der Waals surface area contributed by atoms with E-state index in [4.69, 9.17) is 0 Å². The summed E-state index contributed by atoms with van der Waals surface area (Å²) < 4.78 is 93.4. The lowest BCUT2D eigenvalue weighted by atomic mass is 10.0. The highest BCUT2D eigenvalue weighted by Gasteiger charge is 2.30. The number of carbonyl (C=O) groups excluding carboxylic acids is 1. The number of carbonyl (C=O) groups is 1. The largest absolute Gasteiger partial charge is 0.506 e. The van der Waals surface area contributed by atoms with E-state index in [0.29, 0.717) is 0 Å². The standard InChI is InChI=1S/C26H17F5N2O4S/c27-18-6-9-20(10-7-18)38(36,37)33-23-14-19(8-12-24(23)34)32-25(35)16-3-11-21(22(28)13-16)15-1-4-17(5-2-15)26(29,30)31/h1-14,33-34H,(H,32,35). The van der Waals surface area contributed by atoms with E-state index in [1.165, 1.54) is 18.2 Å². The minimum atomic E-state index is -4.53. The number of sulfonamides is 1. The Morgan fingerprint density at radius 2 is 1.47 bits per heavy atom. The van der Waals surface area contributed by atoms with Crippen molar-refractivity contribution in [3.8, 4) is 16.9 Å². The van der Waals surface area contributed by atoms with Gasteiger partial charge >= 0.3 is 6.18 Å². The average Bonchev–Trinajstić information content (AvgIpc) is 2.85. The summed E-state index contributed by atoms with van der Waals surface area (Å²) in [6.45, 7) is 0. The summed E-state index contributed by atoms with van der Waals surface area (Å²) in [5.41, 5.74) is -1.07. The Hall–Kier alpha value is -4.45. The molecule has 0 saturated carbocycles. The Kier molecular flexibility index (Phi) is 7.09. The molecule has 0 aliphatic carbocycles. The van der Waals surface area contributed by atoms with Gasteiger partial charge in [0.1, 0.15) is 17.4 Å². The number of nitrogens with one attached hydrogen (secondary N) is 2. The van der Waals surface area contributed by atoms with Crippen LogP contribution in [0, 0.1) is 11.6 Å². The van der Waals surface area contributed by atoms with Gasteiger partial charge in [-0.3, -0.25) is 9.52 Å². The zero-order valence-corrected chi connectivity index (χ0v) is 19.9. The molecule has 0 unspecified atom stereocenters. The second kappa shape index (κ2) is 10.1. The Labute approximate surface area is 213 Å². The Morgan fingerprint density at radius 1 is 0.816 bits per heavy atom. The molecule has 0 aliphatic rings. The molecule has 4 aromatic rings. The molecule has 0 fully saturated rings. The summed E-state index contributed by atoms with van der Waals surface area (Å²) in [6, 6.07) is 14.8. The summed E-state index contributed by atoms with van der Waals surface area (Å²) in [4.78, 5) is 12.4. The Bertz CT molecular complexity index is 1600. The fraction of sp³-hybridized carbons (Fsp3) is 0.0385. The lowest BCUT2D eigenvalue weighted by Crippen LogP contribution is -2.15. The number of phenols is 1. The highest BCUT2D eigenvalue weighted by molar-refractivity contribution is 7.92. The van der Waals surface area contributed by atoms with Crippen LogP contribution in [0.25, 0.3) is 11.1 Å². The molecule has 0 atom stereocenters. The van der Waals surface area contributed by atoms with Crippen LogP contribution in [0.1, 0.15) is 15.9 Å². The molecule has 0 aliphatic heterocycles. The minimum absolute atomic E-state index is 0.0163. The number of aromatic hydroxyl groups is 1. The van der Waals surface area contributed by atoms with Crippen molar-refractivity contribution in [3.63, 3.8) is 0 Å². The number of rotatable bonds is 6. The maximum atomic E-state index is 14.7. The highest BCUT2D eigenvalue weighted by Crippen LogP contribution is 2.32. The topological polar surface area (TPSA) is 95.5 Å². The molecule has 4 rings (SSSR count). The van der Waals surface area contributed by atoms with Crippen LogP contribution in [0.15, 0.2) is 89.8 Å². The van der Waals surface area contributed by atoms with E-state index in [0.717, 1.165) is 66.7 Å². The number of halogens is 5. The molecule has 0 spiro atoms. The maximum Gasteiger partial charge on any atom is 0.416 e. The number of anilines is 2. The first kappa shape index (κ1) is 26.6. The van der Waals surface area contributed by atoms with Gasteiger partial charge in [-0.25, -0.2) is 17.2 Å². The van der Waals surface area contributed by atoms with Crippen molar-refractivity contribution in [2.24, 2.45) is 0 Å². The van der Waals surface area contributed by atoms with Gasteiger partial charge in [0.05, 0.1) is 16.1 Å². The number of amides is 1. The van der Waals surface area contributed by atoms with Crippen LogP contribution in [0.2, 0.25) is 0 Å². The smallest absolute Gasteiger partial charge is 0.416 e. The molecule has 6 nitrogen and oxygen atoms in total. The predicted octanol–water partition coefficient (Wildman–Crippen LogP) is 6.41. The van der Waals surface area contributed by atoms with Gasteiger partial charge in [-0.2, -0.15) is 13.2 Å². The summed E-state index contributed by atoms with van der Waals surface area (Å²) in [5, 5.41) is 12.5. The second-order valence-corrected chi connectivity index (χ2v) is 9.70. The number of hydrogen-bond donors (Lipinski definition) is 3. The fourth-order valence-corrected chi connectivity index (χ4v) is 4.51. The van der Waals surface area contributed by atoms with Gasteiger partial charge in [0.2, 0.25) is 0 Å². The lowest BCUT2D eigenvalue weighted by molar-refractivity contribution is -0.137. The molecule has 3 N–H and O–H groups in total. The molecule has 0 aromatic heterocycles. The zero-order chi connectivity index (χ0) is 27.7. The van der Waals surface area contributed by atoms with Crippen molar-refractivity contribution in [1.82, 2.24) is 0 Å². The van der Waals surface area contributed by atoms with Crippen molar-refractivity contribution in [3.05, 3.63) is 108 Å². The van der Waals surface area contributed by atoms with E-state index in [2.05, 4.69) is 10.0 Å².